The van der Waals surface area contributed by atoms with Gasteiger partial charge in [-0.3, -0.25) is 18.3 Å². The fourth-order valence-corrected chi connectivity index (χ4v) is 6.17. The molecule has 0 aliphatic carbocycles. The zero-order valence-corrected chi connectivity index (χ0v) is 28.3. The molecule has 2 aromatic rings. The van der Waals surface area contributed by atoms with Gasteiger partial charge in [-0.05, 0) is 0 Å². The van der Waals surface area contributed by atoms with Crippen LogP contribution in [-0.4, -0.2) is 127 Å². The Morgan fingerprint density at radius 3 is 2.08 bits per heavy atom. The number of imidazole rings is 1. The molecule has 1 radical (unpaired) electrons. The number of ether oxygens (including phenoxy) is 1. The predicted molar refractivity (Wildman–Crippen MR) is 145 cm³/mol. The van der Waals surface area contributed by atoms with Crippen molar-refractivity contribution in [3.63, 3.8) is 0 Å². The van der Waals surface area contributed by atoms with Crippen LogP contribution < -0.4 is 20.4 Å². The smallest absolute Gasteiger partial charge is 0.756 e. The van der Waals surface area contributed by atoms with Gasteiger partial charge in [0.2, 0.25) is 0 Å². The van der Waals surface area contributed by atoms with E-state index in [-0.39, 0.29) is 41.5 Å². The summed E-state index contributed by atoms with van der Waals surface area (Å²) in [5, 5.41) is 72.2. The van der Waals surface area contributed by atoms with E-state index in [1.54, 1.807) is 0 Å². The molecule has 29 heteroatoms. The van der Waals surface area contributed by atoms with Crippen molar-refractivity contribution in [3.05, 3.63) is 20.1 Å². The normalized spacial score (nSPS) is 25.0. The number of aliphatic hydroxyl groups is 7. The number of carboxylic acid groups (broad SMARTS) is 1. The monoisotopic (exact) mass is 808 g/mol. The standard InChI is InChI=1S/C10H16N5O13P3.C6H12O7.C2H6.CH3.Cu/c11-8-5-9(13-2-12-8)15(3-14-5)10-7(17)6(16)4(26-10)1-25-30(21,22)28-31(23,24)27-29(18,19)20;7-1-2(8)3(9)4(10)5(11)6(12)13;1-2;;/h2-4,6-7,10,16-17H,1H2,(H,21,22)(H,23,24)(H2,11,12,13)(H2,18,19,20);2-5,7-11H,1H2,(H,12,13);1-2H3;1H3;/q;;;-1;+2/p-3/t4-,6+,7?,10-;;;;/m1..../s1. The number of nitrogen functional groups attached to an aromatic ring is 1. The van der Waals surface area contributed by atoms with E-state index < -0.39 is 91.6 Å². The van der Waals surface area contributed by atoms with Crippen molar-refractivity contribution in [1.29, 1.82) is 0 Å². The number of carboxylic acids is 1. The quantitative estimate of drug-likeness (QED) is 0.0512. The molecule has 0 amide bonds. The Bertz CT molecular complexity index is 1430. The maximum Gasteiger partial charge on any atom is 2.00 e. The second-order valence-electron chi connectivity index (χ2n) is 8.47. The zero-order chi connectivity index (χ0) is 35.8. The summed E-state index contributed by atoms with van der Waals surface area (Å²) in [4.78, 5) is 63.2. The maximum absolute atomic E-state index is 11.6. The van der Waals surface area contributed by atoms with Crippen LogP contribution in [0, 0.1) is 7.43 Å². The first kappa shape index (κ1) is 48.5. The van der Waals surface area contributed by atoms with E-state index in [2.05, 4.69) is 28.1 Å². The van der Waals surface area contributed by atoms with Gasteiger partial charge < -0.3 is 82.8 Å². The van der Waals surface area contributed by atoms with Crippen molar-refractivity contribution >= 4 is 46.4 Å². The summed E-state index contributed by atoms with van der Waals surface area (Å²) in [6.45, 7) is 2.10. The molecule has 1 fully saturated rings. The molecule has 0 bridgehead atoms. The fourth-order valence-electron chi connectivity index (χ4n) is 3.27. The molecule has 25 nitrogen and oxygen atoms in total. The van der Waals surface area contributed by atoms with Crippen LogP contribution in [0.5, 0.6) is 0 Å². The van der Waals surface area contributed by atoms with Crippen molar-refractivity contribution in [2.24, 2.45) is 0 Å². The molecule has 11 N–H and O–H groups in total. The number of aromatic nitrogens is 4. The summed E-state index contributed by atoms with van der Waals surface area (Å²) < 4.78 is 50.6. The Kier molecular flexibility index (Phi) is 20.6. The van der Waals surface area contributed by atoms with Gasteiger partial charge in [0.1, 0.15) is 48.5 Å². The van der Waals surface area contributed by atoms with Crippen LogP contribution in [0.25, 0.3) is 11.2 Å². The second-order valence-corrected chi connectivity index (χ2v) is 12.8. The second kappa shape index (κ2) is 20.3. The molecule has 1 aliphatic heterocycles. The van der Waals surface area contributed by atoms with Crippen LogP contribution in [-0.2, 0) is 53.4 Å². The average Bonchev–Trinajstić information content (AvgIpc) is 3.51. The first-order valence-electron chi connectivity index (χ1n) is 12.3. The topological polar surface area (TPSA) is 426 Å². The van der Waals surface area contributed by atoms with Crippen LogP contribution in [0.2, 0.25) is 0 Å². The predicted octanol–water partition coefficient (Wildman–Crippen LogP) is -5.54. The van der Waals surface area contributed by atoms with Crippen LogP contribution in [0.15, 0.2) is 12.7 Å². The van der Waals surface area contributed by atoms with Crippen molar-refractivity contribution in [2.75, 3.05) is 18.9 Å². The van der Waals surface area contributed by atoms with E-state index in [4.69, 9.17) is 46.0 Å². The molecule has 11 atom stereocenters. The number of phosphoric ester groups is 1. The molecule has 1 saturated heterocycles. The SMILES string of the molecule is CC.Nc1ncnc2c1ncn2[C@@H]1O[C@H](COP(=O)([O-])OP(=O)([O-])OP(=O)([O-])O)[C@H](O)C1O.O=C(O)C(O)C(O)C(O)C(O)CO.[CH3-].[Cu+2]. The Morgan fingerprint density at radius 1 is 1.02 bits per heavy atom. The van der Waals surface area contributed by atoms with E-state index in [1.165, 1.54) is 10.9 Å². The summed E-state index contributed by atoms with van der Waals surface area (Å²) >= 11 is 0. The van der Waals surface area contributed by atoms with Crippen LogP contribution in [0.4, 0.5) is 5.82 Å². The van der Waals surface area contributed by atoms with Gasteiger partial charge in [0.05, 0.1) is 19.5 Å². The maximum atomic E-state index is 11.6. The Morgan fingerprint density at radius 2 is 1.58 bits per heavy atom. The van der Waals surface area contributed by atoms with Crippen LogP contribution in [0.1, 0.15) is 20.1 Å². The molecule has 8 unspecified atom stereocenters. The van der Waals surface area contributed by atoms with Gasteiger partial charge >= 0.3 is 23.0 Å². The minimum absolute atomic E-state index is 0. The number of rotatable bonds is 13. The number of hydrogen-bond acceptors (Lipinski definition) is 22. The molecule has 0 saturated carbocycles. The van der Waals surface area contributed by atoms with Gasteiger partial charge in [0, 0.05) is 0 Å². The van der Waals surface area contributed by atoms with E-state index in [0.717, 1.165) is 6.33 Å². The number of carbonyl (C=O) groups is 1. The molecule has 1 aliphatic rings. The van der Waals surface area contributed by atoms with Gasteiger partial charge in [0.25, 0.3) is 23.5 Å². The molecule has 2 aromatic heterocycles. The molecule has 0 spiro atoms. The zero-order valence-electron chi connectivity index (χ0n) is 24.7. The molecule has 3 rings (SSSR count). The summed E-state index contributed by atoms with van der Waals surface area (Å²) in [6.07, 6.45) is -11.8. The van der Waals surface area contributed by atoms with Crippen LogP contribution >= 0.6 is 23.5 Å². The molecule has 283 valence electrons. The number of phosphoric acid groups is 3. The number of nitrogens with two attached hydrogens (primary N) is 1. The number of aliphatic hydroxyl groups excluding tert-OH is 7. The number of anilines is 1. The van der Waals surface area contributed by atoms with E-state index in [1.807, 2.05) is 13.8 Å². The summed E-state index contributed by atoms with van der Waals surface area (Å²) in [5.41, 5.74) is 5.94. The van der Waals surface area contributed by atoms with Gasteiger partial charge in [-0.2, -0.15) is 0 Å². The van der Waals surface area contributed by atoms with Crippen molar-refractivity contribution in [3.8, 4) is 0 Å². The first-order chi connectivity index (χ1) is 21.1. The molecular formula is C19H34CuN5O20P3-2. The first-order valence-corrected chi connectivity index (χ1v) is 16.8. The summed E-state index contributed by atoms with van der Waals surface area (Å²) in [7, 11) is -17.7. The van der Waals surface area contributed by atoms with E-state index >= 15 is 0 Å². The number of fused-ring (bicyclic) bond motifs is 1. The number of nitrogens with zero attached hydrogens (tertiary/aromatic N) is 4. The van der Waals surface area contributed by atoms with E-state index in [9.17, 15) is 43.4 Å². The van der Waals surface area contributed by atoms with Gasteiger partial charge in [-0.15, -0.1) is 0 Å². The third kappa shape index (κ3) is 14.0. The Hall–Kier alpha value is -1.57. The Labute approximate surface area is 281 Å². The van der Waals surface area contributed by atoms with Crippen molar-refractivity contribution in [1.82, 2.24) is 19.5 Å². The average molecular weight is 809 g/mol. The minimum Gasteiger partial charge on any atom is -0.756 e. The largest absolute Gasteiger partial charge is 2.00 e. The molecule has 3 heterocycles. The third-order valence-electron chi connectivity index (χ3n) is 5.31. The molecule has 0 aromatic carbocycles. The number of aliphatic carboxylic acids is 1. The summed E-state index contributed by atoms with van der Waals surface area (Å²) in [6, 6.07) is 0. The van der Waals surface area contributed by atoms with Crippen molar-refractivity contribution < 1.29 is 114 Å². The van der Waals surface area contributed by atoms with Crippen LogP contribution in [0.3, 0.4) is 0 Å². The summed E-state index contributed by atoms with van der Waals surface area (Å²) in [5.74, 6) is -1.70. The van der Waals surface area contributed by atoms with Crippen molar-refractivity contribution in [2.45, 2.75) is 62.8 Å². The van der Waals surface area contributed by atoms with E-state index in [0.29, 0.717) is 0 Å². The van der Waals surface area contributed by atoms with Gasteiger partial charge in [-0.1, -0.05) is 13.8 Å². The number of hydrogen-bond donors (Lipinski definition) is 10. The molecular weight excluding hydrogens is 775 g/mol. The minimum atomic E-state index is -6.08. The fraction of sp³-hybridized carbons (Fsp3) is 0.632. The van der Waals surface area contributed by atoms with Gasteiger partial charge in [-0.25, -0.2) is 28.4 Å². The molecule has 48 heavy (non-hydrogen) atoms. The van der Waals surface area contributed by atoms with Gasteiger partial charge in [0.15, 0.2) is 23.8 Å². The third-order valence-corrected chi connectivity index (χ3v) is 9.00. The Balaban J connectivity index is 0.